The molecule has 0 saturated heterocycles. The van der Waals surface area contributed by atoms with Crippen LogP contribution >= 0.6 is 23.4 Å². The Balaban J connectivity index is 1.48. The fourth-order valence-electron chi connectivity index (χ4n) is 3.04. The molecule has 1 atom stereocenters. The molecule has 1 aromatic heterocycles. The number of rotatable bonds is 10. The molecule has 180 valence electrons. The average Bonchev–Trinajstić information content (AvgIpc) is 3.18. The number of aryl methyl sites for hydroxylation is 2. The van der Waals surface area contributed by atoms with E-state index in [1.54, 1.807) is 30.7 Å². The molecule has 0 fully saturated rings. The van der Waals surface area contributed by atoms with Gasteiger partial charge in [0.2, 0.25) is 5.91 Å². The molecule has 0 radical (unpaired) electrons. The van der Waals surface area contributed by atoms with Crippen LogP contribution in [0.15, 0.2) is 47.6 Å². The minimum absolute atomic E-state index is 0.159. The van der Waals surface area contributed by atoms with Crippen LogP contribution in [-0.4, -0.2) is 38.4 Å². The van der Waals surface area contributed by atoms with Gasteiger partial charge in [-0.3, -0.25) is 9.59 Å². The van der Waals surface area contributed by atoms with Crippen molar-refractivity contribution in [3.05, 3.63) is 64.4 Å². The molecule has 0 saturated carbocycles. The molecule has 1 heterocycles. The fraction of sp³-hybridized carbons (Fsp3) is 0.333. The van der Waals surface area contributed by atoms with Gasteiger partial charge in [0, 0.05) is 17.8 Å². The number of hydrogen-bond donors (Lipinski definition) is 2. The SMILES string of the molecule is CCc1ccc(O[C@H](C)C(=O)NCc2nnc(SCC(=O)Nc3cc(Cl)ccc3C)n2C)cc1. The lowest BCUT2D eigenvalue weighted by molar-refractivity contribution is -0.127. The lowest BCUT2D eigenvalue weighted by atomic mass is 10.2. The largest absolute Gasteiger partial charge is 0.481 e. The van der Waals surface area contributed by atoms with Crippen molar-refractivity contribution in [2.75, 3.05) is 11.1 Å². The molecule has 10 heteroatoms. The highest BCUT2D eigenvalue weighted by Gasteiger charge is 2.17. The van der Waals surface area contributed by atoms with Crippen molar-refractivity contribution in [2.24, 2.45) is 7.05 Å². The maximum absolute atomic E-state index is 12.4. The number of ether oxygens (including phenoxy) is 1. The molecular formula is C24H28ClN5O3S. The van der Waals surface area contributed by atoms with E-state index in [2.05, 4.69) is 27.8 Å². The van der Waals surface area contributed by atoms with Gasteiger partial charge in [-0.2, -0.15) is 0 Å². The third-order valence-corrected chi connectivity index (χ3v) is 6.42. The fourth-order valence-corrected chi connectivity index (χ4v) is 3.94. The van der Waals surface area contributed by atoms with Crippen LogP contribution in [-0.2, 0) is 29.6 Å². The zero-order valence-corrected chi connectivity index (χ0v) is 21.2. The molecule has 0 aliphatic rings. The lowest BCUT2D eigenvalue weighted by Gasteiger charge is -2.15. The van der Waals surface area contributed by atoms with Crippen LogP contribution in [0.25, 0.3) is 0 Å². The summed E-state index contributed by atoms with van der Waals surface area (Å²) < 4.78 is 7.47. The lowest BCUT2D eigenvalue weighted by Crippen LogP contribution is -2.36. The van der Waals surface area contributed by atoms with Gasteiger partial charge in [0.05, 0.1) is 12.3 Å². The standard InChI is InChI=1S/C24H28ClN5O3S/c1-5-17-7-10-19(11-8-17)33-16(3)23(32)26-13-21-28-29-24(30(21)4)34-14-22(31)27-20-12-18(25)9-6-15(20)2/h6-12,16H,5,13-14H2,1-4H3,(H,26,32)(H,27,31)/t16-/m1/s1. The van der Waals surface area contributed by atoms with Gasteiger partial charge in [0.15, 0.2) is 17.1 Å². The first-order valence-electron chi connectivity index (χ1n) is 10.9. The average molecular weight is 502 g/mol. The van der Waals surface area contributed by atoms with E-state index in [9.17, 15) is 9.59 Å². The normalized spacial score (nSPS) is 11.7. The van der Waals surface area contributed by atoms with Crippen LogP contribution in [0.2, 0.25) is 5.02 Å². The van der Waals surface area contributed by atoms with Gasteiger partial charge in [-0.25, -0.2) is 0 Å². The Morgan fingerprint density at radius 3 is 2.62 bits per heavy atom. The van der Waals surface area contributed by atoms with E-state index >= 15 is 0 Å². The summed E-state index contributed by atoms with van der Waals surface area (Å²) in [5.74, 6) is 0.940. The number of anilines is 1. The Morgan fingerprint density at radius 2 is 1.91 bits per heavy atom. The van der Waals surface area contributed by atoms with E-state index in [4.69, 9.17) is 16.3 Å². The third-order valence-electron chi connectivity index (χ3n) is 5.17. The number of nitrogens with zero attached hydrogens (tertiary/aromatic N) is 3. The summed E-state index contributed by atoms with van der Waals surface area (Å²) in [5.41, 5.74) is 2.81. The van der Waals surface area contributed by atoms with Crippen molar-refractivity contribution in [2.45, 2.75) is 45.0 Å². The van der Waals surface area contributed by atoms with Gasteiger partial charge in [-0.05, 0) is 55.7 Å². The number of amides is 2. The Hall–Kier alpha value is -3.04. The minimum atomic E-state index is -0.659. The van der Waals surface area contributed by atoms with E-state index in [-0.39, 0.29) is 24.1 Å². The topological polar surface area (TPSA) is 98.1 Å². The first-order chi connectivity index (χ1) is 16.3. The molecule has 2 aromatic carbocycles. The molecule has 0 aliphatic heterocycles. The number of benzene rings is 2. The highest BCUT2D eigenvalue weighted by atomic mass is 35.5. The van der Waals surface area contributed by atoms with E-state index < -0.39 is 6.10 Å². The molecule has 3 rings (SSSR count). The van der Waals surface area contributed by atoms with Gasteiger partial charge >= 0.3 is 0 Å². The molecule has 0 aliphatic carbocycles. The summed E-state index contributed by atoms with van der Waals surface area (Å²) in [6.07, 6.45) is 0.286. The third kappa shape index (κ3) is 6.98. The second-order valence-electron chi connectivity index (χ2n) is 7.73. The summed E-state index contributed by atoms with van der Waals surface area (Å²) in [7, 11) is 1.79. The Morgan fingerprint density at radius 1 is 1.18 bits per heavy atom. The predicted molar refractivity (Wildman–Crippen MR) is 134 cm³/mol. The quantitative estimate of drug-likeness (QED) is 0.405. The maximum atomic E-state index is 12.4. The second-order valence-corrected chi connectivity index (χ2v) is 9.11. The molecule has 2 N–H and O–H groups in total. The van der Waals surface area contributed by atoms with E-state index in [1.165, 1.54) is 17.3 Å². The van der Waals surface area contributed by atoms with Gasteiger partial charge in [0.25, 0.3) is 5.91 Å². The Labute approximate surface area is 208 Å². The summed E-state index contributed by atoms with van der Waals surface area (Å²) in [4.78, 5) is 24.8. The summed E-state index contributed by atoms with van der Waals surface area (Å²) in [6, 6.07) is 13.0. The van der Waals surface area contributed by atoms with E-state index in [1.807, 2.05) is 37.3 Å². The van der Waals surface area contributed by atoms with E-state index in [0.29, 0.717) is 27.4 Å². The second kappa shape index (κ2) is 11.9. The number of aromatic nitrogens is 3. The zero-order valence-electron chi connectivity index (χ0n) is 19.6. The van der Waals surface area contributed by atoms with Crippen molar-refractivity contribution in [3.8, 4) is 5.75 Å². The molecule has 0 unspecified atom stereocenters. The number of carbonyl (C=O) groups excluding carboxylic acids is 2. The smallest absolute Gasteiger partial charge is 0.261 e. The van der Waals surface area contributed by atoms with Gasteiger partial charge in [0.1, 0.15) is 5.75 Å². The highest BCUT2D eigenvalue weighted by molar-refractivity contribution is 7.99. The minimum Gasteiger partial charge on any atom is -0.481 e. The van der Waals surface area contributed by atoms with Gasteiger partial charge in [-0.15, -0.1) is 10.2 Å². The van der Waals surface area contributed by atoms with Crippen LogP contribution in [0.1, 0.15) is 30.8 Å². The number of carbonyl (C=O) groups is 2. The molecule has 0 bridgehead atoms. The summed E-state index contributed by atoms with van der Waals surface area (Å²) in [5, 5.41) is 15.1. The Kier molecular flexibility index (Phi) is 8.95. The van der Waals surface area contributed by atoms with Crippen molar-refractivity contribution in [3.63, 3.8) is 0 Å². The summed E-state index contributed by atoms with van der Waals surface area (Å²) in [6.45, 7) is 5.87. The van der Waals surface area contributed by atoms with Crippen LogP contribution in [0.3, 0.4) is 0 Å². The van der Waals surface area contributed by atoms with Crippen molar-refractivity contribution < 1.29 is 14.3 Å². The molecule has 8 nitrogen and oxygen atoms in total. The molecule has 34 heavy (non-hydrogen) atoms. The Bertz CT molecular complexity index is 1150. The zero-order chi connectivity index (χ0) is 24.7. The van der Waals surface area contributed by atoms with Gasteiger partial charge in [-0.1, -0.05) is 48.5 Å². The first kappa shape index (κ1) is 25.6. The molecule has 2 amide bonds. The molecule has 3 aromatic rings. The van der Waals surface area contributed by atoms with Crippen LogP contribution < -0.4 is 15.4 Å². The molecular weight excluding hydrogens is 474 g/mol. The van der Waals surface area contributed by atoms with Crippen LogP contribution in [0, 0.1) is 6.92 Å². The maximum Gasteiger partial charge on any atom is 0.261 e. The van der Waals surface area contributed by atoms with Crippen molar-refractivity contribution in [1.29, 1.82) is 0 Å². The highest BCUT2D eigenvalue weighted by Crippen LogP contribution is 2.21. The first-order valence-corrected chi connectivity index (χ1v) is 12.2. The number of hydrogen-bond acceptors (Lipinski definition) is 6. The predicted octanol–water partition coefficient (Wildman–Crippen LogP) is 4.15. The van der Waals surface area contributed by atoms with E-state index in [0.717, 1.165) is 12.0 Å². The van der Waals surface area contributed by atoms with Crippen molar-refractivity contribution in [1.82, 2.24) is 20.1 Å². The number of thioether (sulfide) groups is 1. The van der Waals surface area contributed by atoms with Crippen LogP contribution in [0.4, 0.5) is 5.69 Å². The van der Waals surface area contributed by atoms with Crippen LogP contribution in [0.5, 0.6) is 5.75 Å². The van der Waals surface area contributed by atoms with Crippen molar-refractivity contribution >= 4 is 40.9 Å². The number of nitrogens with one attached hydrogen (secondary N) is 2. The van der Waals surface area contributed by atoms with Gasteiger partial charge < -0.3 is 19.9 Å². The monoisotopic (exact) mass is 501 g/mol. The number of halogens is 1. The molecule has 0 spiro atoms. The summed E-state index contributed by atoms with van der Waals surface area (Å²) >= 11 is 7.26.